The van der Waals surface area contributed by atoms with Gasteiger partial charge in [0.25, 0.3) is 5.91 Å². The van der Waals surface area contributed by atoms with Crippen molar-refractivity contribution in [1.82, 2.24) is 9.80 Å². The molecular weight excluding hydrogens is 432 g/mol. The minimum atomic E-state index is -0.617. The minimum absolute atomic E-state index is 0.194. The largest absolute Gasteiger partial charge is 0.449 e. The summed E-state index contributed by atoms with van der Waals surface area (Å²) < 4.78 is 10.8. The van der Waals surface area contributed by atoms with Crippen molar-refractivity contribution in [3.63, 3.8) is 0 Å². The van der Waals surface area contributed by atoms with E-state index in [1.807, 2.05) is 51.1 Å². The van der Waals surface area contributed by atoms with Crippen LogP contribution in [-0.4, -0.2) is 52.7 Å². The number of hydrogen-bond acceptors (Lipinski definition) is 5. The van der Waals surface area contributed by atoms with Gasteiger partial charge in [-0.3, -0.25) is 4.79 Å². The summed E-state index contributed by atoms with van der Waals surface area (Å²) in [5.41, 5.74) is 3.98. The second kappa shape index (κ2) is 9.49. The van der Waals surface area contributed by atoms with E-state index in [2.05, 4.69) is 0 Å². The molecular formula is C27H32N2O5. The van der Waals surface area contributed by atoms with E-state index in [1.54, 1.807) is 24.0 Å². The van der Waals surface area contributed by atoms with Crippen LogP contribution < -0.4 is 0 Å². The standard InChI is InChI=1S/C27H32N2O5/c1-5-33-26(32)29(21-15-18-9-6-7-10-19(18)16-21)24(30)23-12-8-11-20-17-28(14-13-22(20)23)25(31)34-27(2,3)4/h6-12,21H,5,13-17H2,1-4H3. The summed E-state index contributed by atoms with van der Waals surface area (Å²) in [6.07, 6.45) is 0.753. The average Bonchev–Trinajstić information content (AvgIpc) is 3.21. The first-order valence-corrected chi connectivity index (χ1v) is 11.8. The van der Waals surface area contributed by atoms with Crippen LogP contribution in [0.1, 0.15) is 60.3 Å². The van der Waals surface area contributed by atoms with Crippen molar-refractivity contribution in [2.75, 3.05) is 13.2 Å². The van der Waals surface area contributed by atoms with E-state index in [0.29, 0.717) is 37.9 Å². The van der Waals surface area contributed by atoms with E-state index >= 15 is 0 Å². The summed E-state index contributed by atoms with van der Waals surface area (Å²) in [5, 5.41) is 0. The Balaban J connectivity index is 1.60. The van der Waals surface area contributed by atoms with Gasteiger partial charge >= 0.3 is 12.2 Å². The summed E-state index contributed by atoms with van der Waals surface area (Å²) in [6.45, 7) is 8.25. The number of carbonyl (C=O) groups excluding carboxylic acids is 3. The van der Waals surface area contributed by atoms with Crippen molar-refractivity contribution in [2.45, 2.75) is 65.1 Å². The number of imide groups is 1. The Kier molecular flexibility index (Phi) is 6.64. The fraction of sp³-hybridized carbons (Fsp3) is 0.444. The minimum Gasteiger partial charge on any atom is -0.449 e. The number of fused-ring (bicyclic) bond motifs is 2. The topological polar surface area (TPSA) is 76.2 Å². The van der Waals surface area contributed by atoms with Gasteiger partial charge in [-0.1, -0.05) is 36.4 Å². The molecule has 0 spiro atoms. The molecule has 0 atom stereocenters. The lowest BCUT2D eigenvalue weighted by Gasteiger charge is -2.33. The second-order valence-corrected chi connectivity index (χ2v) is 9.80. The molecule has 1 heterocycles. The van der Waals surface area contributed by atoms with E-state index in [1.165, 1.54) is 4.90 Å². The Morgan fingerprint density at radius 2 is 1.65 bits per heavy atom. The molecule has 7 heteroatoms. The quantitative estimate of drug-likeness (QED) is 0.656. The Labute approximate surface area is 200 Å². The van der Waals surface area contributed by atoms with Crippen LogP contribution in [0.2, 0.25) is 0 Å². The lowest BCUT2D eigenvalue weighted by Crippen LogP contribution is -2.46. The molecule has 2 aromatic rings. The number of carbonyl (C=O) groups is 3. The maximum absolute atomic E-state index is 13.8. The molecule has 7 nitrogen and oxygen atoms in total. The SMILES string of the molecule is CCOC(=O)N(C(=O)c1cccc2c1CCN(C(=O)OC(C)(C)C)C2)C1Cc2ccccc2C1. The van der Waals surface area contributed by atoms with Gasteiger partial charge in [0.2, 0.25) is 0 Å². The molecule has 1 aliphatic carbocycles. The van der Waals surface area contributed by atoms with Crippen molar-refractivity contribution >= 4 is 18.1 Å². The zero-order chi connectivity index (χ0) is 24.5. The van der Waals surface area contributed by atoms with Gasteiger partial charge in [0.15, 0.2) is 0 Å². The molecule has 34 heavy (non-hydrogen) atoms. The maximum atomic E-state index is 13.8. The lowest BCUT2D eigenvalue weighted by molar-refractivity contribution is 0.0224. The molecule has 2 aromatic carbocycles. The van der Waals surface area contributed by atoms with Gasteiger partial charge in [-0.25, -0.2) is 14.5 Å². The van der Waals surface area contributed by atoms with Crippen molar-refractivity contribution < 1.29 is 23.9 Å². The molecule has 3 amide bonds. The van der Waals surface area contributed by atoms with Gasteiger partial charge < -0.3 is 14.4 Å². The number of rotatable bonds is 3. The number of benzene rings is 2. The Morgan fingerprint density at radius 3 is 2.26 bits per heavy atom. The first-order chi connectivity index (χ1) is 16.2. The molecule has 0 saturated carbocycles. The van der Waals surface area contributed by atoms with Gasteiger partial charge in [0.1, 0.15) is 5.60 Å². The first kappa shape index (κ1) is 23.8. The summed E-state index contributed by atoms with van der Waals surface area (Å²) in [5.74, 6) is -0.348. The molecule has 0 aromatic heterocycles. The average molecular weight is 465 g/mol. The second-order valence-electron chi connectivity index (χ2n) is 9.80. The fourth-order valence-electron chi connectivity index (χ4n) is 4.73. The molecule has 1 aliphatic heterocycles. The summed E-state index contributed by atoms with van der Waals surface area (Å²) in [7, 11) is 0. The zero-order valence-corrected chi connectivity index (χ0v) is 20.3. The number of hydrogen-bond donors (Lipinski definition) is 0. The van der Waals surface area contributed by atoms with Crippen molar-refractivity contribution in [1.29, 1.82) is 0 Å². The highest BCUT2D eigenvalue weighted by molar-refractivity contribution is 6.04. The number of ether oxygens (including phenoxy) is 2. The van der Waals surface area contributed by atoms with Gasteiger partial charge in [-0.05, 0) is 75.3 Å². The predicted molar refractivity (Wildman–Crippen MR) is 128 cm³/mol. The summed E-state index contributed by atoms with van der Waals surface area (Å²) >= 11 is 0. The Hall–Kier alpha value is -3.35. The molecule has 0 fully saturated rings. The van der Waals surface area contributed by atoms with E-state index in [0.717, 1.165) is 22.3 Å². The van der Waals surface area contributed by atoms with Gasteiger partial charge in [-0.15, -0.1) is 0 Å². The molecule has 0 N–H and O–H groups in total. The summed E-state index contributed by atoms with van der Waals surface area (Å²) in [6, 6.07) is 13.2. The van der Waals surface area contributed by atoms with Crippen molar-refractivity contribution in [3.05, 3.63) is 70.3 Å². The van der Waals surface area contributed by atoms with Gasteiger partial charge in [0, 0.05) is 18.7 Å². The van der Waals surface area contributed by atoms with Crippen LogP contribution >= 0.6 is 0 Å². The van der Waals surface area contributed by atoms with Gasteiger partial charge in [-0.2, -0.15) is 0 Å². The van der Waals surface area contributed by atoms with Crippen LogP contribution in [0.5, 0.6) is 0 Å². The molecule has 0 radical (unpaired) electrons. The zero-order valence-electron chi connectivity index (χ0n) is 20.3. The Morgan fingerprint density at radius 1 is 1.00 bits per heavy atom. The predicted octanol–water partition coefficient (Wildman–Crippen LogP) is 4.75. The highest BCUT2D eigenvalue weighted by Crippen LogP contribution is 2.30. The van der Waals surface area contributed by atoms with E-state index in [-0.39, 0.29) is 24.6 Å². The molecule has 180 valence electrons. The molecule has 0 bridgehead atoms. The van der Waals surface area contributed by atoms with Crippen LogP contribution in [0.15, 0.2) is 42.5 Å². The number of nitrogens with zero attached hydrogens (tertiary/aromatic N) is 2. The normalized spacial score (nSPS) is 15.4. The third kappa shape index (κ3) is 4.93. The van der Waals surface area contributed by atoms with Crippen LogP contribution in [0.3, 0.4) is 0 Å². The highest BCUT2D eigenvalue weighted by atomic mass is 16.6. The molecule has 4 rings (SSSR count). The fourth-order valence-corrected chi connectivity index (χ4v) is 4.73. The number of amides is 3. The highest BCUT2D eigenvalue weighted by Gasteiger charge is 2.37. The molecule has 0 unspecified atom stereocenters. The van der Waals surface area contributed by atoms with E-state index in [4.69, 9.17) is 9.47 Å². The van der Waals surface area contributed by atoms with Crippen LogP contribution in [-0.2, 0) is 35.3 Å². The van der Waals surface area contributed by atoms with Crippen LogP contribution in [0.4, 0.5) is 9.59 Å². The van der Waals surface area contributed by atoms with Crippen LogP contribution in [0, 0.1) is 0 Å². The molecule has 0 saturated heterocycles. The first-order valence-electron chi connectivity index (χ1n) is 11.8. The third-order valence-corrected chi connectivity index (χ3v) is 6.23. The molecule has 2 aliphatic rings. The monoisotopic (exact) mass is 464 g/mol. The van der Waals surface area contributed by atoms with Gasteiger partial charge in [0.05, 0.1) is 12.6 Å². The van der Waals surface area contributed by atoms with E-state index in [9.17, 15) is 14.4 Å². The van der Waals surface area contributed by atoms with Crippen molar-refractivity contribution in [2.24, 2.45) is 0 Å². The van der Waals surface area contributed by atoms with Crippen molar-refractivity contribution in [3.8, 4) is 0 Å². The third-order valence-electron chi connectivity index (χ3n) is 6.23. The summed E-state index contributed by atoms with van der Waals surface area (Å²) in [4.78, 5) is 42.2. The maximum Gasteiger partial charge on any atom is 0.417 e. The lowest BCUT2D eigenvalue weighted by atomic mass is 9.93. The van der Waals surface area contributed by atoms with E-state index < -0.39 is 11.7 Å². The smallest absolute Gasteiger partial charge is 0.417 e. The Bertz CT molecular complexity index is 1080. The van der Waals surface area contributed by atoms with Crippen LogP contribution in [0.25, 0.3) is 0 Å².